The minimum Gasteiger partial charge on any atom is -0.338 e. The molecule has 3 aromatic heterocycles. The summed E-state index contributed by atoms with van der Waals surface area (Å²) < 4.78 is 16.9. The van der Waals surface area contributed by atoms with Crippen LogP contribution in [-0.2, 0) is 6.42 Å². The molecular weight excluding hydrogens is 425 g/mol. The van der Waals surface area contributed by atoms with Crippen LogP contribution in [0.2, 0.25) is 0 Å². The first-order valence-corrected chi connectivity index (χ1v) is 11.3. The lowest BCUT2D eigenvalue weighted by atomic mass is 10.00. The van der Waals surface area contributed by atoms with E-state index in [0.29, 0.717) is 36.1 Å². The molecule has 0 bridgehead atoms. The van der Waals surface area contributed by atoms with Crippen molar-refractivity contribution in [2.75, 3.05) is 18.0 Å². The number of carbonyl (C=O) groups is 1. The highest BCUT2D eigenvalue weighted by atomic mass is 19.1. The predicted molar refractivity (Wildman–Crippen MR) is 118 cm³/mol. The van der Waals surface area contributed by atoms with Crippen molar-refractivity contribution in [2.24, 2.45) is 0 Å². The third kappa shape index (κ3) is 4.27. The number of nitrogens with zero attached hydrogens (tertiary/aromatic N) is 9. The molecule has 5 rings (SSSR count). The highest BCUT2D eigenvalue weighted by molar-refractivity contribution is 5.94. The zero-order valence-corrected chi connectivity index (χ0v) is 18.7. The molecule has 0 N–H and O–H groups in total. The van der Waals surface area contributed by atoms with Gasteiger partial charge in [-0.3, -0.25) is 4.79 Å². The summed E-state index contributed by atoms with van der Waals surface area (Å²) in [6.45, 7) is 4.58. The van der Waals surface area contributed by atoms with E-state index in [-0.39, 0.29) is 18.5 Å². The molecule has 0 aromatic carbocycles. The number of hydrogen-bond acceptors (Lipinski definition) is 8. The summed E-state index contributed by atoms with van der Waals surface area (Å²) in [6, 6.07) is 3.01. The molecule has 3 aromatic rings. The number of pyridine rings is 1. The van der Waals surface area contributed by atoms with Crippen molar-refractivity contribution in [3.05, 3.63) is 47.7 Å². The van der Waals surface area contributed by atoms with Crippen molar-refractivity contribution in [3.8, 4) is 5.82 Å². The van der Waals surface area contributed by atoms with Crippen LogP contribution in [-0.4, -0.2) is 77.3 Å². The molecule has 0 radical (unpaired) electrons. The summed E-state index contributed by atoms with van der Waals surface area (Å²) in [6.07, 6.45) is 7.08. The number of alkyl halides is 1. The Morgan fingerprint density at radius 2 is 1.94 bits per heavy atom. The fraction of sp³-hybridized carbons (Fsp3) is 0.500. The molecule has 1 amide bonds. The van der Waals surface area contributed by atoms with Gasteiger partial charge in [-0.25, -0.2) is 19.3 Å². The second kappa shape index (κ2) is 8.80. The number of tetrazole rings is 1. The first kappa shape index (κ1) is 21.4. The molecule has 1 aliphatic heterocycles. The Balaban J connectivity index is 1.30. The van der Waals surface area contributed by atoms with Crippen molar-refractivity contribution in [1.29, 1.82) is 0 Å². The predicted octanol–water partition coefficient (Wildman–Crippen LogP) is 1.94. The Bertz CT molecular complexity index is 1110. The summed E-state index contributed by atoms with van der Waals surface area (Å²) in [5, 5.41) is 11.4. The smallest absolute Gasteiger partial charge is 0.256 e. The lowest BCUT2D eigenvalue weighted by molar-refractivity contribution is 0.0486. The summed E-state index contributed by atoms with van der Waals surface area (Å²) >= 11 is 0. The topological polar surface area (TPSA) is 106 Å². The monoisotopic (exact) mass is 451 g/mol. The number of piperidine rings is 1. The van der Waals surface area contributed by atoms with Gasteiger partial charge in [0.05, 0.1) is 18.2 Å². The van der Waals surface area contributed by atoms with Gasteiger partial charge in [0.1, 0.15) is 6.17 Å². The number of anilines is 1. The van der Waals surface area contributed by atoms with E-state index < -0.39 is 12.2 Å². The van der Waals surface area contributed by atoms with E-state index in [1.165, 1.54) is 10.9 Å². The Morgan fingerprint density at radius 3 is 2.52 bits per heavy atom. The third-order valence-corrected chi connectivity index (χ3v) is 6.26. The highest BCUT2D eigenvalue weighted by Crippen LogP contribution is 2.34. The Hall–Kier alpha value is -3.50. The Kier molecular flexibility index (Phi) is 5.69. The zero-order valence-electron chi connectivity index (χ0n) is 18.7. The lowest BCUT2D eigenvalue weighted by Crippen LogP contribution is -2.55. The minimum atomic E-state index is -1.19. The fourth-order valence-corrected chi connectivity index (χ4v) is 4.25. The van der Waals surface area contributed by atoms with E-state index in [0.717, 1.165) is 24.8 Å². The second-order valence-electron chi connectivity index (χ2n) is 8.55. The molecule has 172 valence electrons. The SMILES string of the molecule is CCc1cnc(N2CC[C@@H](N(C(=O)c3ccc(-n4nnnc4C)nc3)C3CC3)[C@@H](F)C2)nc1. The Morgan fingerprint density at radius 1 is 1.15 bits per heavy atom. The normalized spacial score (nSPS) is 20.6. The van der Waals surface area contributed by atoms with Gasteiger partial charge in [-0.05, 0) is 60.7 Å². The molecule has 10 nitrogen and oxygen atoms in total. The summed E-state index contributed by atoms with van der Waals surface area (Å²) in [5.41, 5.74) is 1.48. The maximum absolute atomic E-state index is 15.4. The highest BCUT2D eigenvalue weighted by Gasteiger charge is 2.43. The fourth-order valence-electron chi connectivity index (χ4n) is 4.25. The van der Waals surface area contributed by atoms with Gasteiger partial charge < -0.3 is 9.80 Å². The molecule has 4 heterocycles. The number of aryl methyl sites for hydroxylation is 2. The average molecular weight is 452 g/mol. The van der Waals surface area contributed by atoms with Gasteiger partial charge in [0.2, 0.25) is 5.95 Å². The van der Waals surface area contributed by atoms with Crippen LogP contribution >= 0.6 is 0 Å². The molecule has 33 heavy (non-hydrogen) atoms. The van der Waals surface area contributed by atoms with Crippen LogP contribution in [0.3, 0.4) is 0 Å². The third-order valence-electron chi connectivity index (χ3n) is 6.26. The summed E-state index contributed by atoms with van der Waals surface area (Å²) in [5.74, 6) is 1.48. The molecule has 2 aliphatic rings. The van der Waals surface area contributed by atoms with Gasteiger partial charge in [0.15, 0.2) is 11.6 Å². The first-order valence-electron chi connectivity index (χ1n) is 11.3. The van der Waals surface area contributed by atoms with Crippen molar-refractivity contribution in [1.82, 2.24) is 40.1 Å². The molecular formula is C22H26FN9O. The first-order chi connectivity index (χ1) is 16.0. The zero-order chi connectivity index (χ0) is 22.9. The average Bonchev–Trinajstić information content (AvgIpc) is 3.59. The van der Waals surface area contributed by atoms with Crippen LogP contribution in [0, 0.1) is 6.92 Å². The van der Waals surface area contributed by atoms with Crippen LogP contribution in [0.5, 0.6) is 0 Å². The van der Waals surface area contributed by atoms with Gasteiger partial charge in [-0.1, -0.05) is 6.92 Å². The van der Waals surface area contributed by atoms with Crippen molar-refractivity contribution in [3.63, 3.8) is 0 Å². The van der Waals surface area contributed by atoms with Gasteiger partial charge in [-0.2, -0.15) is 4.68 Å². The van der Waals surface area contributed by atoms with E-state index in [4.69, 9.17) is 0 Å². The van der Waals surface area contributed by atoms with E-state index in [2.05, 4.69) is 30.5 Å². The molecule has 11 heteroatoms. The van der Waals surface area contributed by atoms with Crippen molar-refractivity contribution in [2.45, 2.75) is 57.8 Å². The molecule has 2 fully saturated rings. The maximum Gasteiger partial charge on any atom is 0.256 e. The van der Waals surface area contributed by atoms with E-state index >= 15 is 4.39 Å². The van der Waals surface area contributed by atoms with Crippen LogP contribution in [0.25, 0.3) is 5.82 Å². The van der Waals surface area contributed by atoms with Crippen molar-refractivity contribution < 1.29 is 9.18 Å². The molecule has 0 unspecified atom stereocenters. The van der Waals surface area contributed by atoms with Crippen LogP contribution in [0.1, 0.15) is 47.9 Å². The number of amides is 1. The number of rotatable bonds is 6. The maximum atomic E-state index is 15.4. The van der Waals surface area contributed by atoms with Gasteiger partial charge in [0, 0.05) is 31.2 Å². The standard InChI is InChI=1S/C22H26FN9O/c1-3-15-10-25-22(26-11-15)30-9-8-19(18(23)13-30)31(17-5-6-17)21(33)16-4-7-20(24-12-16)32-14(2)27-28-29-32/h4,7,10-12,17-19H,3,5-6,8-9,13H2,1-2H3/t18-,19+/m0/s1. The van der Waals surface area contributed by atoms with Gasteiger partial charge >= 0.3 is 0 Å². The molecule has 1 aliphatic carbocycles. The lowest BCUT2D eigenvalue weighted by Gasteiger charge is -2.41. The molecule has 2 atom stereocenters. The number of halogens is 1. The van der Waals surface area contributed by atoms with Crippen LogP contribution in [0.4, 0.5) is 10.3 Å². The van der Waals surface area contributed by atoms with E-state index in [1.54, 1.807) is 36.4 Å². The number of carbonyl (C=O) groups excluding carboxylic acids is 1. The number of hydrogen-bond donors (Lipinski definition) is 0. The van der Waals surface area contributed by atoms with E-state index in [9.17, 15) is 4.79 Å². The number of aromatic nitrogens is 7. The molecule has 0 spiro atoms. The molecule has 1 saturated heterocycles. The summed E-state index contributed by atoms with van der Waals surface area (Å²) in [4.78, 5) is 30.1. The molecule has 1 saturated carbocycles. The quantitative estimate of drug-likeness (QED) is 0.560. The Labute approximate surface area is 190 Å². The summed E-state index contributed by atoms with van der Waals surface area (Å²) in [7, 11) is 0. The van der Waals surface area contributed by atoms with Crippen LogP contribution in [0.15, 0.2) is 30.7 Å². The van der Waals surface area contributed by atoms with E-state index in [1.807, 2.05) is 11.8 Å². The minimum absolute atomic E-state index is 0.0776. The largest absolute Gasteiger partial charge is 0.338 e. The second-order valence-corrected chi connectivity index (χ2v) is 8.55. The van der Waals surface area contributed by atoms with Gasteiger partial charge in [0.25, 0.3) is 5.91 Å². The van der Waals surface area contributed by atoms with Crippen LogP contribution < -0.4 is 4.90 Å². The van der Waals surface area contributed by atoms with Crippen molar-refractivity contribution >= 4 is 11.9 Å². The van der Waals surface area contributed by atoms with Gasteiger partial charge in [-0.15, -0.1) is 5.10 Å².